The minimum atomic E-state index is -3.57. The topological polar surface area (TPSA) is 101 Å². The highest BCUT2D eigenvalue weighted by Crippen LogP contribution is 2.11. The SMILES string of the molecule is CS(=O)(=O)N1CC=CN(CCC(N)=O)C1=O. The largest absolute Gasteiger partial charge is 0.370 e. The lowest BCUT2D eigenvalue weighted by molar-refractivity contribution is -0.118. The summed E-state index contributed by atoms with van der Waals surface area (Å²) >= 11 is 0. The highest BCUT2D eigenvalue weighted by Gasteiger charge is 2.28. The number of urea groups is 1. The Bertz CT molecular complexity index is 429. The van der Waals surface area contributed by atoms with Crippen molar-refractivity contribution >= 4 is 22.0 Å². The van der Waals surface area contributed by atoms with E-state index in [9.17, 15) is 18.0 Å². The molecule has 0 fully saturated rings. The number of amides is 3. The number of primary amides is 1. The van der Waals surface area contributed by atoms with Crippen LogP contribution in [0.3, 0.4) is 0 Å². The van der Waals surface area contributed by atoms with E-state index in [0.29, 0.717) is 0 Å². The number of hydrogen-bond acceptors (Lipinski definition) is 4. The molecule has 0 saturated carbocycles. The lowest BCUT2D eigenvalue weighted by Crippen LogP contribution is -2.47. The smallest absolute Gasteiger partial charge is 0.337 e. The molecule has 7 nitrogen and oxygen atoms in total. The molecule has 0 radical (unpaired) electrons. The lowest BCUT2D eigenvalue weighted by atomic mass is 10.3. The molecule has 2 N–H and O–H groups in total. The van der Waals surface area contributed by atoms with Crippen LogP contribution in [0, 0.1) is 0 Å². The van der Waals surface area contributed by atoms with E-state index in [0.717, 1.165) is 15.5 Å². The van der Waals surface area contributed by atoms with Gasteiger partial charge in [-0.15, -0.1) is 0 Å². The van der Waals surface area contributed by atoms with Gasteiger partial charge in [-0.05, 0) is 6.08 Å². The predicted molar refractivity (Wildman–Crippen MR) is 56.6 cm³/mol. The van der Waals surface area contributed by atoms with E-state index in [-0.39, 0.29) is 19.5 Å². The molecule has 1 heterocycles. The van der Waals surface area contributed by atoms with Crippen molar-refractivity contribution in [3.05, 3.63) is 12.3 Å². The van der Waals surface area contributed by atoms with Gasteiger partial charge >= 0.3 is 6.03 Å². The minimum absolute atomic E-state index is 0.00627. The molecule has 1 aliphatic heterocycles. The van der Waals surface area contributed by atoms with Crippen molar-refractivity contribution in [1.29, 1.82) is 0 Å². The molecule has 0 atom stereocenters. The van der Waals surface area contributed by atoms with Crippen LogP contribution >= 0.6 is 0 Å². The van der Waals surface area contributed by atoms with Gasteiger partial charge in [-0.3, -0.25) is 9.69 Å². The van der Waals surface area contributed by atoms with Gasteiger partial charge in [-0.2, -0.15) is 0 Å². The van der Waals surface area contributed by atoms with Crippen molar-refractivity contribution in [2.75, 3.05) is 19.3 Å². The molecule has 0 saturated heterocycles. The second-order valence-electron chi connectivity index (χ2n) is 3.37. The summed E-state index contributed by atoms with van der Waals surface area (Å²) < 4.78 is 23.2. The van der Waals surface area contributed by atoms with Gasteiger partial charge in [0.15, 0.2) is 0 Å². The molecule has 3 amide bonds. The Kier molecular flexibility index (Phi) is 3.53. The van der Waals surface area contributed by atoms with Crippen LogP contribution in [0.15, 0.2) is 12.3 Å². The van der Waals surface area contributed by atoms with Crippen LogP contribution in [0.4, 0.5) is 4.79 Å². The van der Waals surface area contributed by atoms with Gasteiger partial charge in [0.25, 0.3) is 0 Å². The molecule has 0 spiro atoms. The van der Waals surface area contributed by atoms with Crippen LogP contribution in [0.25, 0.3) is 0 Å². The highest BCUT2D eigenvalue weighted by atomic mass is 32.2. The summed E-state index contributed by atoms with van der Waals surface area (Å²) in [5.41, 5.74) is 4.94. The monoisotopic (exact) mass is 247 g/mol. The Balaban J connectivity index is 2.76. The minimum Gasteiger partial charge on any atom is -0.370 e. The predicted octanol–water partition coefficient (Wildman–Crippen LogP) is -0.927. The molecule has 0 aromatic carbocycles. The zero-order chi connectivity index (χ0) is 12.3. The Morgan fingerprint density at radius 1 is 1.56 bits per heavy atom. The number of sulfonamides is 1. The number of nitrogens with two attached hydrogens (primary N) is 1. The summed E-state index contributed by atoms with van der Waals surface area (Å²) in [4.78, 5) is 23.4. The number of carbonyl (C=O) groups is 2. The summed E-state index contributed by atoms with van der Waals surface area (Å²) in [7, 11) is -3.57. The van der Waals surface area contributed by atoms with Crippen LogP contribution in [0.1, 0.15) is 6.42 Å². The van der Waals surface area contributed by atoms with Gasteiger partial charge in [0, 0.05) is 19.2 Å². The molecule has 0 unspecified atom stereocenters. The number of hydrogen-bond donors (Lipinski definition) is 1. The summed E-state index contributed by atoms with van der Waals surface area (Å²) in [6.07, 6.45) is 3.93. The second kappa shape index (κ2) is 4.52. The molecule has 1 rings (SSSR count). The molecule has 16 heavy (non-hydrogen) atoms. The first kappa shape index (κ1) is 12.5. The van der Waals surface area contributed by atoms with Gasteiger partial charge in [-0.1, -0.05) is 0 Å². The van der Waals surface area contributed by atoms with E-state index < -0.39 is 22.0 Å². The van der Waals surface area contributed by atoms with Gasteiger partial charge in [-0.25, -0.2) is 17.5 Å². The maximum absolute atomic E-state index is 11.7. The fraction of sp³-hybridized carbons (Fsp3) is 0.500. The van der Waals surface area contributed by atoms with Crippen LogP contribution in [0.2, 0.25) is 0 Å². The fourth-order valence-electron chi connectivity index (χ4n) is 1.23. The van der Waals surface area contributed by atoms with E-state index >= 15 is 0 Å². The van der Waals surface area contributed by atoms with Crippen molar-refractivity contribution in [1.82, 2.24) is 9.21 Å². The van der Waals surface area contributed by atoms with Crippen LogP contribution in [-0.4, -0.2) is 48.9 Å². The molecule has 0 aromatic rings. The molecule has 1 aliphatic rings. The molecule has 0 aliphatic carbocycles. The molecule has 8 heteroatoms. The second-order valence-corrected chi connectivity index (χ2v) is 5.28. The summed E-state index contributed by atoms with van der Waals surface area (Å²) in [6.45, 7) is 0.0986. The lowest BCUT2D eigenvalue weighted by Gasteiger charge is -2.29. The molecular formula is C8H13N3O4S. The van der Waals surface area contributed by atoms with Crippen molar-refractivity contribution in [3.8, 4) is 0 Å². The number of carbonyl (C=O) groups excluding carboxylic acids is 2. The number of nitrogens with zero attached hydrogens (tertiary/aromatic N) is 2. The van der Waals surface area contributed by atoms with Crippen molar-refractivity contribution in [2.24, 2.45) is 5.73 Å². The van der Waals surface area contributed by atoms with Crippen molar-refractivity contribution in [3.63, 3.8) is 0 Å². The summed E-state index contributed by atoms with van der Waals surface area (Å²) in [5.74, 6) is -0.544. The average molecular weight is 247 g/mol. The van der Waals surface area contributed by atoms with Crippen LogP contribution in [0.5, 0.6) is 0 Å². The Hall–Kier alpha value is -1.57. The Morgan fingerprint density at radius 2 is 2.19 bits per heavy atom. The van der Waals surface area contributed by atoms with E-state index in [2.05, 4.69) is 0 Å². The fourth-order valence-corrected chi connectivity index (χ4v) is 1.98. The first-order valence-corrected chi connectivity index (χ1v) is 6.40. The van der Waals surface area contributed by atoms with E-state index in [1.165, 1.54) is 12.3 Å². The number of rotatable bonds is 4. The maximum atomic E-state index is 11.7. The van der Waals surface area contributed by atoms with Gasteiger partial charge in [0.05, 0.1) is 12.8 Å². The summed E-state index contributed by atoms with van der Waals surface area (Å²) in [6, 6.07) is -0.661. The van der Waals surface area contributed by atoms with Crippen molar-refractivity contribution in [2.45, 2.75) is 6.42 Å². The van der Waals surface area contributed by atoms with Crippen LogP contribution < -0.4 is 5.73 Å². The van der Waals surface area contributed by atoms with Gasteiger partial charge in [0.1, 0.15) is 0 Å². The first-order chi connectivity index (χ1) is 7.32. The van der Waals surface area contributed by atoms with E-state index in [1.807, 2.05) is 0 Å². The highest BCUT2D eigenvalue weighted by molar-refractivity contribution is 7.88. The third-order valence-electron chi connectivity index (χ3n) is 2.02. The standard InChI is InChI=1S/C8H13N3O4S/c1-16(14,15)11-5-2-4-10(8(11)13)6-3-7(9)12/h2,4H,3,5-6H2,1H3,(H2,9,12). The quantitative estimate of drug-likeness (QED) is 0.693. The molecule has 0 bridgehead atoms. The van der Waals surface area contributed by atoms with Gasteiger partial charge < -0.3 is 5.73 Å². The Labute approximate surface area is 93.5 Å². The molecule has 90 valence electrons. The third-order valence-corrected chi connectivity index (χ3v) is 3.12. The normalized spacial score (nSPS) is 16.7. The first-order valence-electron chi connectivity index (χ1n) is 4.55. The van der Waals surface area contributed by atoms with Crippen molar-refractivity contribution < 1.29 is 18.0 Å². The molecule has 0 aromatic heterocycles. The van der Waals surface area contributed by atoms with E-state index in [1.54, 1.807) is 0 Å². The maximum Gasteiger partial charge on any atom is 0.337 e. The molecular weight excluding hydrogens is 234 g/mol. The zero-order valence-corrected chi connectivity index (χ0v) is 9.61. The van der Waals surface area contributed by atoms with E-state index in [4.69, 9.17) is 5.73 Å². The van der Waals surface area contributed by atoms with Gasteiger partial charge in [0.2, 0.25) is 15.9 Å². The Morgan fingerprint density at radius 3 is 2.69 bits per heavy atom. The average Bonchev–Trinajstić information content (AvgIpc) is 2.14. The third kappa shape index (κ3) is 2.96. The van der Waals surface area contributed by atoms with Crippen LogP contribution in [-0.2, 0) is 14.8 Å². The zero-order valence-electron chi connectivity index (χ0n) is 8.79. The summed E-state index contributed by atoms with van der Waals surface area (Å²) in [5, 5.41) is 0.